The fourth-order valence-electron chi connectivity index (χ4n) is 0. The van der Waals surface area contributed by atoms with E-state index in [1.165, 1.54) is 0 Å². The van der Waals surface area contributed by atoms with Crippen molar-refractivity contribution in [3.05, 3.63) is 0 Å². The predicted octanol–water partition coefficient (Wildman–Crippen LogP) is -7.81. The topological polar surface area (TPSA) is 83.2 Å². The Bertz CT molecular complexity index is 17.2. The van der Waals surface area contributed by atoms with Crippen molar-refractivity contribution in [2.75, 3.05) is 7.11 Å². The van der Waals surface area contributed by atoms with E-state index in [0.29, 0.717) is 0 Å². The minimum Gasteiger partial charge on any atom is -1.00 e. The van der Waals surface area contributed by atoms with Crippen LogP contribution in [0.3, 0.4) is 0 Å². The van der Waals surface area contributed by atoms with Crippen molar-refractivity contribution in [1.82, 2.24) is 0 Å². The smallest absolute Gasteiger partial charge is 1.00 e. The summed E-state index contributed by atoms with van der Waals surface area (Å²) in [5.74, 6) is 0. The van der Waals surface area contributed by atoms with Gasteiger partial charge in [-0.25, -0.2) is 0 Å². The van der Waals surface area contributed by atoms with Crippen molar-refractivity contribution < 1.29 is 99.9 Å². The molecule has 0 radical (unpaired) electrons. The van der Waals surface area contributed by atoms with Crippen LogP contribution < -0.4 is 80.9 Å². The fraction of sp³-hybridized carbons (Fsp3) is 1.00. The Kier molecular flexibility index (Phi) is 327. The maximum absolute atomic E-state index is 7.00. The van der Waals surface area contributed by atoms with Gasteiger partial charge in [-0.2, -0.15) is 0 Å². The van der Waals surface area contributed by atoms with Gasteiger partial charge in [-0.05, 0) is 0 Å². The van der Waals surface area contributed by atoms with Gasteiger partial charge in [-0.3, -0.25) is 0 Å². The van der Waals surface area contributed by atoms with Gasteiger partial charge in [0, 0.05) is 7.11 Å². The zero-order chi connectivity index (χ0) is 2.00. The Morgan fingerprint density at radius 3 is 1.17 bits per heavy atom. The monoisotopic (exact) mass is 132 g/mol. The summed E-state index contributed by atoms with van der Waals surface area (Å²) in [7, 11) is 1.00. The Labute approximate surface area is 105 Å². The van der Waals surface area contributed by atoms with E-state index in [9.17, 15) is 0 Å². The van der Waals surface area contributed by atoms with E-state index < -0.39 is 0 Å². The van der Waals surface area contributed by atoms with Gasteiger partial charge in [0.05, 0.1) is 0 Å². The van der Waals surface area contributed by atoms with Crippen molar-refractivity contribution in [2.45, 2.75) is 0 Å². The van der Waals surface area contributed by atoms with Crippen molar-refractivity contribution >= 4 is 0 Å². The molecule has 0 fully saturated rings. The van der Waals surface area contributed by atoms with Gasteiger partial charge in [0.15, 0.2) is 0 Å². The van der Waals surface area contributed by atoms with Crippen LogP contribution in [-0.2, 0) is 0 Å². The molecule has 0 saturated carbocycles. The summed E-state index contributed by atoms with van der Waals surface area (Å²) in [5, 5.41) is 7.00. The molecule has 0 rings (SSSR count). The Balaban J connectivity index is -0.000000000333. The second-order valence-electron chi connectivity index (χ2n) is 0. The molecular formula is CH10KNaO3. The second kappa shape index (κ2) is 50.4. The summed E-state index contributed by atoms with van der Waals surface area (Å²) in [5.41, 5.74) is 0. The van der Waals surface area contributed by atoms with Crippen LogP contribution in [-0.4, -0.2) is 23.2 Å². The summed E-state index contributed by atoms with van der Waals surface area (Å²) >= 11 is 0. The minimum absolute atomic E-state index is 0. The van der Waals surface area contributed by atoms with Gasteiger partial charge in [-0.15, -0.1) is 0 Å². The van der Waals surface area contributed by atoms with Crippen LogP contribution in [0.2, 0.25) is 0 Å². The third kappa shape index (κ3) is 31.3. The first-order valence-electron chi connectivity index (χ1n) is 0.447. The molecule has 3 nitrogen and oxygen atoms in total. The quantitative estimate of drug-likeness (QED) is 0.326. The van der Waals surface area contributed by atoms with E-state index in [4.69, 9.17) is 5.11 Å². The van der Waals surface area contributed by atoms with Crippen LogP contribution in [0.1, 0.15) is 2.85 Å². The molecule has 0 heterocycles. The molecule has 0 aromatic rings. The van der Waals surface area contributed by atoms with Crippen LogP contribution in [0.25, 0.3) is 0 Å². The number of aliphatic hydroxyl groups excluding tert-OH is 1. The minimum atomic E-state index is 0. The number of hydrogen-bond acceptors (Lipinski definition) is 1. The third-order valence-corrected chi connectivity index (χ3v) is 0. The molecule has 0 bridgehead atoms. The predicted molar refractivity (Wildman–Crippen MR) is 17.6 cm³/mol. The molecular weight excluding hydrogens is 122 g/mol. The maximum atomic E-state index is 7.00. The van der Waals surface area contributed by atoms with E-state index in [1.807, 2.05) is 0 Å². The first kappa shape index (κ1) is 38.9. The SMILES string of the molecule is CO.O.O.[H-].[H-].[K+].[Na+]. The Morgan fingerprint density at radius 1 is 1.17 bits per heavy atom. The number of rotatable bonds is 0. The normalized spacial score (nSPS) is 1.00. The zero-order valence-corrected chi connectivity index (χ0v) is 9.57. The molecule has 5 heteroatoms. The summed E-state index contributed by atoms with van der Waals surface area (Å²) in [6.07, 6.45) is 0. The third-order valence-electron chi connectivity index (χ3n) is 0. The van der Waals surface area contributed by atoms with E-state index in [0.717, 1.165) is 7.11 Å². The van der Waals surface area contributed by atoms with Crippen LogP contribution in [0.4, 0.5) is 0 Å². The molecule has 0 aliphatic rings. The Morgan fingerprint density at radius 2 is 1.17 bits per heavy atom. The summed E-state index contributed by atoms with van der Waals surface area (Å²) in [6, 6.07) is 0. The van der Waals surface area contributed by atoms with Crippen LogP contribution in [0, 0.1) is 0 Å². The molecule has 0 amide bonds. The summed E-state index contributed by atoms with van der Waals surface area (Å²) < 4.78 is 0. The summed E-state index contributed by atoms with van der Waals surface area (Å²) in [6.45, 7) is 0. The van der Waals surface area contributed by atoms with Crippen LogP contribution in [0.5, 0.6) is 0 Å². The average molecular weight is 132 g/mol. The maximum Gasteiger partial charge on any atom is 1.00 e. The standard InChI is InChI=1S/CH4O.K.Na.2H2O.2H/c1-2;;;;;;/h2H,1H3;;;2*1H2;;/q;2*+1;;;2*-1. The molecule has 5 N–H and O–H groups in total. The largest absolute Gasteiger partial charge is 1.00 e. The first-order valence-corrected chi connectivity index (χ1v) is 0.447. The molecule has 0 spiro atoms. The van der Waals surface area contributed by atoms with Crippen molar-refractivity contribution in [3.8, 4) is 0 Å². The zero-order valence-electron chi connectivity index (χ0n) is 6.45. The van der Waals surface area contributed by atoms with Gasteiger partial charge < -0.3 is 18.9 Å². The van der Waals surface area contributed by atoms with E-state index in [1.54, 1.807) is 0 Å². The number of aliphatic hydroxyl groups is 1. The molecule has 0 saturated heterocycles. The van der Waals surface area contributed by atoms with E-state index in [2.05, 4.69) is 0 Å². The van der Waals surface area contributed by atoms with Crippen LogP contribution in [0.15, 0.2) is 0 Å². The molecule has 0 aliphatic heterocycles. The van der Waals surface area contributed by atoms with E-state index in [-0.39, 0.29) is 94.7 Å². The van der Waals surface area contributed by atoms with Gasteiger partial charge in [0.2, 0.25) is 0 Å². The average Bonchev–Trinajstić information content (AvgIpc) is 1.00. The second-order valence-corrected chi connectivity index (χ2v) is 0. The molecule has 0 atom stereocenters. The first-order chi connectivity index (χ1) is 1.00. The number of hydrogen-bond donors (Lipinski definition) is 1. The fourth-order valence-corrected chi connectivity index (χ4v) is 0. The van der Waals surface area contributed by atoms with E-state index >= 15 is 0 Å². The van der Waals surface area contributed by atoms with Crippen molar-refractivity contribution in [1.29, 1.82) is 0 Å². The van der Waals surface area contributed by atoms with Gasteiger partial charge in [0.1, 0.15) is 0 Å². The molecule has 0 aliphatic carbocycles. The Hall–Kier alpha value is 2.52. The van der Waals surface area contributed by atoms with Crippen molar-refractivity contribution in [3.63, 3.8) is 0 Å². The molecule has 0 aromatic carbocycles. The summed E-state index contributed by atoms with van der Waals surface area (Å²) in [4.78, 5) is 0. The molecule has 34 valence electrons. The van der Waals surface area contributed by atoms with Crippen LogP contribution >= 0.6 is 0 Å². The van der Waals surface area contributed by atoms with Crippen molar-refractivity contribution in [2.24, 2.45) is 0 Å². The molecule has 6 heavy (non-hydrogen) atoms. The molecule has 0 unspecified atom stereocenters. The van der Waals surface area contributed by atoms with Gasteiger partial charge in [0.25, 0.3) is 0 Å². The van der Waals surface area contributed by atoms with Gasteiger partial charge >= 0.3 is 80.9 Å². The van der Waals surface area contributed by atoms with Gasteiger partial charge in [-0.1, -0.05) is 0 Å². The molecule has 0 aromatic heterocycles.